The van der Waals surface area contributed by atoms with Crippen molar-refractivity contribution < 1.29 is 4.74 Å². The molecule has 90 valence electrons. The van der Waals surface area contributed by atoms with Crippen molar-refractivity contribution in [1.82, 2.24) is 5.32 Å². The first kappa shape index (κ1) is 13.3. The molecule has 0 aliphatic carbocycles. The summed E-state index contributed by atoms with van der Waals surface area (Å²) in [5, 5.41) is 12.1. The van der Waals surface area contributed by atoms with Crippen molar-refractivity contribution in [1.29, 1.82) is 5.26 Å². The van der Waals surface area contributed by atoms with Gasteiger partial charge in [-0.3, -0.25) is 0 Å². The van der Waals surface area contributed by atoms with E-state index in [1.54, 1.807) is 7.11 Å². The Hall–Kier alpha value is -1.79. The maximum absolute atomic E-state index is 9.01. The highest BCUT2D eigenvalue weighted by Gasteiger charge is 2.02. The van der Waals surface area contributed by atoms with Gasteiger partial charge in [-0.1, -0.05) is 24.6 Å². The number of nitriles is 1. The average Bonchev–Trinajstić information content (AvgIpc) is 2.38. The fourth-order valence-corrected chi connectivity index (χ4v) is 1.64. The molecule has 0 aromatic heterocycles. The van der Waals surface area contributed by atoms with E-state index in [1.165, 1.54) is 5.57 Å². The molecule has 1 rings (SSSR count). The van der Waals surface area contributed by atoms with Gasteiger partial charge in [-0.2, -0.15) is 5.26 Å². The predicted octanol–water partition coefficient (Wildman–Crippen LogP) is 2.58. The van der Waals surface area contributed by atoms with Crippen LogP contribution in [-0.4, -0.2) is 20.7 Å². The van der Waals surface area contributed by atoms with E-state index < -0.39 is 0 Å². The third-order valence-corrected chi connectivity index (χ3v) is 2.57. The van der Waals surface area contributed by atoms with Crippen molar-refractivity contribution in [2.24, 2.45) is 0 Å². The summed E-state index contributed by atoms with van der Waals surface area (Å²) in [6.07, 6.45) is 3.10. The SMILES string of the molecule is CCC(=Cc1ccc(OC)c(C#N)c1)CNC. The van der Waals surface area contributed by atoms with Gasteiger partial charge in [0.2, 0.25) is 0 Å². The first-order valence-corrected chi connectivity index (χ1v) is 5.67. The molecule has 0 aliphatic heterocycles. The highest BCUT2D eigenvalue weighted by Crippen LogP contribution is 2.20. The maximum atomic E-state index is 9.01. The summed E-state index contributed by atoms with van der Waals surface area (Å²) in [6, 6.07) is 7.79. The molecule has 0 unspecified atom stereocenters. The van der Waals surface area contributed by atoms with E-state index in [0.717, 1.165) is 18.5 Å². The first-order valence-electron chi connectivity index (χ1n) is 5.67. The quantitative estimate of drug-likeness (QED) is 0.845. The second kappa shape index (κ2) is 6.72. The molecule has 1 aromatic rings. The molecular formula is C14H18N2O. The number of nitrogens with zero attached hydrogens (tertiary/aromatic N) is 1. The van der Waals surface area contributed by atoms with Crippen molar-refractivity contribution >= 4 is 6.08 Å². The Bertz CT molecular complexity index is 444. The highest BCUT2D eigenvalue weighted by molar-refractivity contribution is 5.58. The van der Waals surface area contributed by atoms with Crippen LogP contribution in [0, 0.1) is 11.3 Å². The summed E-state index contributed by atoms with van der Waals surface area (Å²) in [7, 11) is 3.50. The highest BCUT2D eigenvalue weighted by atomic mass is 16.5. The van der Waals surface area contributed by atoms with Crippen molar-refractivity contribution in [2.45, 2.75) is 13.3 Å². The first-order chi connectivity index (χ1) is 8.24. The Morgan fingerprint density at radius 1 is 1.53 bits per heavy atom. The Labute approximate surface area is 103 Å². The van der Waals surface area contributed by atoms with Crippen molar-refractivity contribution in [3.8, 4) is 11.8 Å². The summed E-state index contributed by atoms with van der Waals surface area (Å²) in [6.45, 7) is 2.99. The molecule has 0 saturated carbocycles. The Balaban J connectivity index is 3.04. The van der Waals surface area contributed by atoms with Crippen LogP contribution in [0.1, 0.15) is 24.5 Å². The molecule has 3 heteroatoms. The van der Waals surface area contributed by atoms with Gasteiger partial charge < -0.3 is 10.1 Å². The summed E-state index contributed by atoms with van der Waals surface area (Å²) < 4.78 is 5.11. The number of hydrogen-bond donors (Lipinski definition) is 1. The maximum Gasteiger partial charge on any atom is 0.136 e. The van der Waals surface area contributed by atoms with Crippen LogP contribution < -0.4 is 10.1 Å². The van der Waals surface area contributed by atoms with Crippen molar-refractivity contribution in [3.05, 3.63) is 34.9 Å². The number of nitrogens with one attached hydrogen (secondary N) is 1. The topological polar surface area (TPSA) is 45.0 Å². The van der Waals surface area contributed by atoms with E-state index in [2.05, 4.69) is 24.4 Å². The Morgan fingerprint density at radius 3 is 2.82 bits per heavy atom. The zero-order valence-corrected chi connectivity index (χ0v) is 10.6. The molecule has 1 N–H and O–H groups in total. The molecule has 1 aromatic carbocycles. The molecule has 3 nitrogen and oxygen atoms in total. The van der Waals surface area contributed by atoms with Crippen molar-refractivity contribution in [3.63, 3.8) is 0 Å². The van der Waals surface area contributed by atoms with Crippen LogP contribution >= 0.6 is 0 Å². The van der Waals surface area contributed by atoms with E-state index in [4.69, 9.17) is 10.00 Å². The molecular weight excluding hydrogens is 212 g/mol. The van der Waals surface area contributed by atoms with Gasteiger partial charge in [0.05, 0.1) is 12.7 Å². The summed E-state index contributed by atoms with van der Waals surface area (Å²) in [4.78, 5) is 0. The molecule has 0 radical (unpaired) electrons. The van der Waals surface area contributed by atoms with Gasteiger partial charge in [0, 0.05) is 6.54 Å². The summed E-state index contributed by atoms with van der Waals surface area (Å²) >= 11 is 0. The molecule has 0 aliphatic rings. The van der Waals surface area contributed by atoms with Gasteiger partial charge in [0.15, 0.2) is 0 Å². The van der Waals surface area contributed by atoms with E-state index in [-0.39, 0.29) is 0 Å². The molecule has 17 heavy (non-hydrogen) atoms. The number of hydrogen-bond acceptors (Lipinski definition) is 3. The molecule has 0 spiro atoms. The largest absolute Gasteiger partial charge is 0.495 e. The van der Waals surface area contributed by atoms with Crippen LogP contribution in [0.4, 0.5) is 0 Å². The van der Waals surface area contributed by atoms with Gasteiger partial charge >= 0.3 is 0 Å². The number of benzene rings is 1. The lowest BCUT2D eigenvalue weighted by molar-refractivity contribution is 0.413. The van der Waals surface area contributed by atoms with Gasteiger partial charge in [-0.05, 0) is 31.2 Å². The molecule has 0 bridgehead atoms. The predicted molar refractivity (Wildman–Crippen MR) is 69.9 cm³/mol. The smallest absolute Gasteiger partial charge is 0.136 e. The van der Waals surface area contributed by atoms with Gasteiger partial charge in [-0.25, -0.2) is 0 Å². The van der Waals surface area contributed by atoms with E-state index in [1.807, 2.05) is 25.2 Å². The lowest BCUT2D eigenvalue weighted by Crippen LogP contribution is -2.09. The van der Waals surface area contributed by atoms with Crippen LogP contribution in [0.5, 0.6) is 5.75 Å². The fourth-order valence-electron chi connectivity index (χ4n) is 1.64. The zero-order valence-electron chi connectivity index (χ0n) is 10.6. The van der Waals surface area contributed by atoms with Crippen LogP contribution in [-0.2, 0) is 0 Å². The van der Waals surface area contributed by atoms with Gasteiger partial charge in [-0.15, -0.1) is 0 Å². The van der Waals surface area contributed by atoms with Crippen LogP contribution in [0.25, 0.3) is 6.08 Å². The second-order valence-corrected chi connectivity index (χ2v) is 3.76. The van der Waals surface area contributed by atoms with Crippen molar-refractivity contribution in [2.75, 3.05) is 20.7 Å². The number of methoxy groups -OCH3 is 1. The minimum absolute atomic E-state index is 0.571. The molecule has 0 saturated heterocycles. The average molecular weight is 230 g/mol. The third kappa shape index (κ3) is 3.61. The van der Waals surface area contributed by atoms with Gasteiger partial charge in [0.1, 0.15) is 11.8 Å². The lowest BCUT2D eigenvalue weighted by Gasteiger charge is -2.06. The minimum atomic E-state index is 0.571. The number of ether oxygens (including phenoxy) is 1. The normalized spacial score (nSPS) is 11.1. The second-order valence-electron chi connectivity index (χ2n) is 3.76. The minimum Gasteiger partial charge on any atom is -0.495 e. The third-order valence-electron chi connectivity index (χ3n) is 2.57. The van der Waals surface area contributed by atoms with Crippen LogP contribution in [0.3, 0.4) is 0 Å². The monoisotopic (exact) mass is 230 g/mol. The standard InChI is InChI=1S/C14H18N2O/c1-4-11(10-16-2)7-12-5-6-14(17-3)13(8-12)9-15/h5-8,16H,4,10H2,1-3H3. The summed E-state index contributed by atoms with van der Waals surface area (Å²) in [5.74, 6) is 0.622. The van der Waals surface area contributed by atoms with E-state index >= 15 is 0 Å². The molecule has 0 amide bonds. The van der Waals surface area contributed by atoms with E-state index in [0.29, 0.717) is 11.3 Å². The molecule has 0 heterocycles. The molecule has 0 atom stereocenters. The summed E-state index contributed by atoms with van der Waals surface area (Å²) in [5.41, 5.74) is 2.91. The number of rotatable bonds is 5. The van der Waals surface area contributed by atoms with E-state index in [9.17, 15) is 0 Å². The molecule has 0 fully saturated rings. The Morgan fingerprint density at radius 2 is 2.29 bits per heavy atom. The number of likely N-dealkylation sites (N-methyl/N-ethyl adjacent to an activating group) is 1. The lowest BCUT2D eigenvalue weighted by atomic mass is 10.1. The van der Waals surface area contributed by atoms with Crippen LogP contribution in [0.15, 0.2) is 23.8 Å². The zero-order chi connectivity index (χ0) is 12.7. The van der Waals surface area contributed by atoms with Gasteiger partial charge in [0.25, 0.3) is 0 Å². The Kier molecular flexibility index (Phi) is 5.25. The van der Waals surface area contributed by atoms with Crippen LogP contribution in [0.2, 0.25) is 0 Å². The fraction of sp³-hybridized carbons (Fsp3) is 0.357.